The summed E-state index contributed by atoms with van der Waals surface area (Å²) in [4.78, 5) is 0. The van der Waals surface area contributed by atoms with Crippen LogP contribution in [-0.2, 0) is 0 Å². The second-order valence-electron chi connectivity index (χ2n) is 14.6. The average molecular weight is 581 g/mol. The minimum Gasteiger partial charge on any atom is -0.179 e. The standard InChI is InChI=1S/C37H72S2/c1-3-36(34-38)31-27-23-19-15-11-5-4-6-12-16-20-24-28-32-37(39,33-36)35(2)29-25-21-17-13-9-7-8-10-14-18-22-26-30-35/h38-39H,3-34H2,1-2H3. The van der Waals surface area contributed by atoms with E-state index in [1.54, 1.807) is 0 Å². The molecular weight excluding hydrogens is 509 g/mol. The van der Waals surface area contributed by atoms with E-state index in [9.17, 15) is 0 Å². The Morgan fingerprint density at radius 1 is 0.436 bits per heavy atom. The van der Waals surface area contributed by atoms with E-state index in [4.69, 9.17) is 25.3 Å². The molecule has 2 aliphatic rings. The molecule has 0 heterocycles. The zero-order valence-electron chi connectivity index (χ0n) is 27.0. The van der Waals surface area contributed by atoms with Crippen molar-refractivity contribution < 1.29 is 0 Å². The zero-order chi connectivity index (χ0) is 28.1. The summed E-state index contributed by atoms with van der Waals surface area (Å²) in [6.07, 6.45) is 44.2. The molecule has 2 atom stereocenters. The van der Waals surface area contributed by atoms with Crippen LogP contribution < -0.4 is 0 Å². The van der Waals surface area contributed by atoms with Crippen LogP contribution in [0.1, 0.15) is 213 Å². The van der Waals surface area contributed by atoms with Gasteiger partial charge in [-0.2, -0.15) is 25.3 Å². The van der Waals surface area contributed by atoms with Crippen LogP contribution >= 0.6 is 25.3 Å². The van der Waals surface area contributed by atoms with Crippen molar-refractivity contribution in [1.29, 1.82) is 0 Å². The molecule has 0 aliphatic heterocycles. The first-order chi connectivity index (χ1) is 19.0. The molecule has 2 rings (SSSR count). The number of hydrogen-bond acceptors (Lipinski definition) is 2. The molecule has 0 aromatic rings. The molecule has 39 heavy (non-hydrogen) atoms. The van der Waals surface area contributed by atoms with Crippen molar-refractivity contribution in [1.82, 2.24) is 0 Å². The fourth-order valence-electron chi connectivity index (χ4n) is 8.11. The van der Waals surface area contributed by atoms with Crippen molar-refractivity contribution in [2.75, 3.05) is 5.75 Å². The fourth-order valence-corrected chi connectivity index (χ4v) is 9.32. The topological polar surface area (TPSA) is 0 Å². The fraction of sp³-hybridized carbons (Fsp3) is 1.00. The van der Waals surface area contributed by atoms with Gasteiger partial charge in [0.05, 0.1) is 0 Å². The summed E-state index contributed by atoms with van der Waals surface area (Å²) in [5.41, 5.74) is 0.705. The second-order valence-corrected chi connectivity index (χ2v) is 15.8. The van der Waals surface area contributed by atoms with Crippen LogP contribution in [0.2, 0.25) is 0 Å². The number of rotatable bonds is 3. The minimum atomic E-state index is 0.144. The second kappa shape index (κ2) is 21.4. The molecule has 232 valence electrons. The van der Waals surface area contributed by atoms with E-state index < -0.39 is 0 Å². The van der Waals surface area contributed by atoms with Crippen LogP contribution in [0.5, 0.6) is 0 Å². The van der Waals surface area contributed by atoms with Gasteiger partial charge in [0, 0.05) is 4.75 Å². The molecule has 0 radical (unpaired) electrons. The van der Waals surface area contributed by atoms with E-state index >= 15 is 0 Å². The van der Waals surface area contributed by atoms with Crippen molar-refractivity contribution >= 4 is 25.3 Å². The monoisotopic (exact) mass is 581 g/mol. The van der Waals surface area contributed by atoms with Gasteiger partial charge in [-0.1, -0.05) is 174 Å². The smallest absolute Gasteiger partial charge is 0.0189 e. The summed E-state index contributed by atoms with van der Waals surface area (Å²) in [6.45, 7) is 5.16. The highest BCUT2D eigenvalue weighted by Crippen LogP contribution is 2.55. The van der Waals surface area contributed by atoms with Crippen molar-refractivity contribution in [3.05, 3.63) is 0 Å². The predicted molar refractivity (Wildman–Crippen MR) is 185 cm³/mol. The Bertz CT molecular complexity index is 552. The first-order valence-corrected chi connectivity index (χ1v) is 19.4. The molecule has 0 aromatic carbocycles. The molecule has 0 saturated heterocycles. The molecule has 0 bridgehead atoms. The Morgan fingerprint density at radius 2 is 0.718 bits per heavy atom. The minimum absolute atomic E-state index is 0.144. The molecule has 2 heteroatoms. The van der Waals surface area contributed by atoms with Gasteiger partial charge in [-0.15, -0.1) is 0 Å². The first-order valence-electron chi connectivity index (χ1n) is 18.3. The quantitative estimate of drug-likeness (QED) is 0.305. The van der Waals surface area contributed by atoms with Gasteiger partial charge < -0.3 is 0 Å². The SMILES string of the molecule is CCC1(CS)CCCCCCCCCCCCCCCC(S)(C2(C)CCCCCCCCCCCCCC2)C1. The van der Waals surface area contributed by atoms with Gasteiger partial charge in [-0.05, 0) is 55.1 Å². The van der Waals surface area contributed by atoms with E-state index in [1.165, 1.54) is 199 Å². The summed E-state index contributed by atoms with van der Waals surface area (Å²) >= 11 is 11.0. The van der Waals surface area contributed by atoms with E-state index in [2.05, 4.69) is 13.8 Å². The highest BCUT2D eigenvalue weighted by atomic mass is 32.1. The first kappa shape index (κ1) is 35.9. The molecule has 0 nitrogen and oxygen atoms in total. The third-order valence-electron chi connectivity index (χ3n) is 11.4. The molecule has 0 spiro atoms. The summed E-state index contributed by atoms with van der Waals surface area (Å²) in [6, 6.07) is 0. The lowest BCUT2D eigenvalue weighted by Gasteiger charge is -2.51. The zero-order valence-corrected chi connectivity index (χ0v) is 28.8. The van der Waals surface area contributed by atoms with Crippen molar-refractivity contribution in [3.8, 4) is 0 Å². The largest absolute Gasteiger partial charge is 0.179 e. The molecule has 2 fully saturated rings. The lowest BCUT2D eigenvalue weighted by molar-refractivity contribution is 0.102. The van der Waals surface area contributed by atoms with Crippen LogP contribution in [0.4, 0.5) is 0 Å². The average Bonchev–Trinajstić information content (AvgIpc) is 2.94. The van der Waals surface area contributed by atoms with Crippen LogP contribution in [0, 0.1) is 10.8 Å². The molecule has 0 N–H and O–H groups in total. The van der Waals surface area contributed by atoms with Crippen LogP contribution in [0.15, 0.2) is 0 Å². The predicted octanol–water partition coefficient (Wildman–Crippen LogP) is 13.7. The third-order valence-corrected chi connectivity index (χ3v) is 13.0. The van der Waals surface area contributed by atoms with Crippen molar-refractivity contribution in [3.63, 3.8) is 0 Å². The maximum Gasteiger partial charge on any atom is 0.0189 e. The number of hydrogen-bond donors (Lipinski definition) is 2. The van der Waals surface area contributed by atoms with E-state index in [0.29, 0.717) is 10.8 Å². The van der Waals surface area contributed by atoms with Crippen molar-refractivity contribution in [2.24, 2.45) is 10.8 Å². The normalized spacial score (nSPS) is 31.7. The summed E-state index contributed by atoms with van der Waals surface area (Å²) in [5.74, 6) is 1.04. The van der Waals surface area contributed by atoms with E-state index in [-0.39, 0.29) is 4.75 Å². The molecule has 2 saturated carbocycles. The maximum absolute atomic E-state index is 5.89. The highest BCUT2D eigenvalue weighted by Gasteiger charge is 2.48. The van der Waals surface area contributed by atoms with Gasteiger partial charge in [-0.25, -0.2) is 0 Å². The summed E-state index contributed by atoms with van der Waals surface area (Å²) in [7, 11) is 0. The lowest BCUT2D eigenvalue weighted by Crippen LogP contribution is -2.47. The van der Waals surface area contributed by atoms with Crippen molar-refractivity contribution in [2.45, 2.75) is 218 Å². The Morgan fingerprint density at radius 3 is 1.03 bits per heavy atom. The Balaban J connectivity index is 2.22. The molecule has 0 amide bonds. The van der Waals surface area contributed by atoms with Crippen LogP contribution in [0.25, 0.3) is 0 Å². The van der Waals surface area contributed by atoms with E-state index in [1.807, 2.05) is 0 Å². The van der Waals surface area contributed by atoms with Gasteiger partial charge in [0.15, 0.2) is 0 Å². The third kappa shape index (κ3) is 14.1. The lowest BCUT2D eigenvalue weighted by atomic mass is 9.61. The maximum atomic E-state index is 5.89. The highest BCUT2D eigenvalue weighted by molar-refractivity contribution is 7.82. The van der Waals surface area contributed by atoms with Gasteiger partial charge in [0.1, 0.15) is 0 Å². The number of thiol groups is 2. The van der Waals surface area contributed by atoms with Gasteiger partial charge in [0.25, 0.3) is 0 Å². The summed E-state index contributed by atoms with van der Waals surface area (Å²) < 4.78 is 0.144. The van der Waals surface area contributed by atoms with E-state index in [0.717, 1.165) is 5.75 Å². The molecule has 2 unspecified atom stereocenters. The van der Waals surface area contributed by atoms with Gasteiger partial charge >= 0.3 is 0 Å². The van der Waals surface area contributed by atoms with Crippen LogP contribution in [-0.4, -0.2) is 10.5 Å². The summed E-state index contributed by atoms with van der Waals surface area (Å²) in [5, 5.41) is 0. The Kier molecular flexibility index (Phi) is 19.7. The molecular formula is C37H72S2. The Labute approximate surface area is 258 Å². The molecule has 2 aliphatic carbocycles. The van der Waals surface area contributed by atoms with Gasteiger partial charge in [-0.3, -0.25) is 0 Å². The Hall–Kier alpha value is 0.700. The molecule has 0 aromatic heterocycles. The van der Waals surface area contributed by atoms with Gasteiger partial charge in [0.2, 0.25) is 0 Å². The van der Waals surface area contributed by atoms with Crippen LogP contribution in [0.3, 0.4) is 0 Å².